The predicted molar refractivity (Wildman–Crippen MR) is 165 cm³/mol. The average Bonchev–Trinajstić information content (AvgIpc) is 3.57. The summed E-state index contributed by atoms with van der Waals surface area (Å²) in [7, 11) is 0. The van der Waals surface area contributed by atoms with Gasteiger partial charge >= 0.3 is 0 Å². The van der Waals surface area contributed by atoms with Gasteiger partial charge in [0, 0.05) is 53.4 Å². The molecule has 2 fully saturated rings. The number of nitrogens with two attached hydrogens (primary N) is 1. The summed E-state index contributed by atoms with van der Waals surface area (Å²) in [6, 6.07) is 15.9. The quantitative estimate of drug-likeness (QED) is 0.266. The fraction of sp³-hybridized carbons (Fsp3) is 0.382. The van der Waals surface area contributed by atoms with Gasteiger partial charge in [-0.15, -0.1) is 0 Å². The highest BCUT2D eigenvalue weighted by Crippen LogP contribution is 2.38. The van der Waals surface area contributed by atoms with Gasteiger partial charge in [-0.3, -0.25) is 4.79 Å². The van der Waals surface area contributed by atoms with Gasteiger partial charge in [-0.1, -0.05) is 26.0 Å². The van der Waals surface area contributed by atoms with Crippen molar-refractivity contribution < 1.29 is 9.90 Å². The molecule has 1 aliphatic heterocycles. The number of hydrogen-bond acceptors (Lipinski definition) is 5. The van der Waals surface area contributed by atoms with Crippen LogP contribution in [0.25, 0.3) is 39.2 Å². The van der Waals surface area contributed by atoms with Crippen LogP contribution in [-0.2, 0) is 6.54 Å². The fourth-order valence-electron chi connectivity index (χ4n) is 6.71. The van der Waals surface area contributed by atoms with E-state index in [9.17, 15) is 9.90 Å². The minimum Gasteiger partial charge on any atom is -0.508 e. The Bertz CT molecular complexity index is 1850. The maximum atomic E-state index is 13.6. The lowest BCUT2D eigenvalue weighted by molar-refractivity contribution is 0.0724. The molecule has 2 aliphatic rings. The van der Waals surface area contributed by atoms with Crippen LogP contribution in [0.3, 0.4) is 0 Å². The molecule has 1 saturated heterocycles. The van der Waals surface area contributed by atoms with E-state index >= 15 is 0 Å². The van der Waals surface area contributed by atoms with Crippen molar-refractivity contribution in [3.05, 3.63) is 71.4 Å². The Morgan fingerprint density at radius 2 is 1.90 bits per heavy atom. The second-order valence-electron chi connectivity index (χ2n) is 12.4. The summed E-state index contributed by atoms with van der Waals surface area (Å²) >= 11 is 0. The molecule has 0 spiro atoms. The topological polar surface area (TPSA) is 102 Å². The van der Waals surface area contributed by atoms with Crippen LogP contribution in [0.4, 0.5) is 0 Å². The molecule has 8 nitrogen and oxygen atoms in total. The number of pyridine rings is 2. The molecule has 1 saturated carbocycles. The van der Waals surface area contributed by atoms with Crippen LogP contribution in [0.2, 0.25) is 0 Å². The van der Waals surface area contributed by atoms with E-state index in [0.717, 1.165) is 63.3 Å². The number of rotatable bonds is 6. The third kappa shape index (κ3) is 4.28. The highest BCUT2D eigenvalue weighted by atomic mass is 16.3. The molecule has 3 N–H and O–H groups in total. The van der Waals surface area contributed by atoms with Crippen molar-refractivity contribution in [2.75, 3.05) is 6.54 Å². The molecule has 8 heteroatoms. The summed E-state index contributed by atoms with van der Waals surface area (Å²) in [5, 5.41) is 16.4. The van der Waals surface area contributed by atoms with Gasteiger partial charge in [0.25, 0.3) is 5.91 Å². The van der Waals surface area contributed by atoms with E-state index in [1.54, 1.807) is 6.07 Å². The van der Waals surface area contributed by atoms with Crippen LogP contribution in [0.5, 0.6) is 5.75 Å². The molecule has 4 aromatic heterocycles. The standard InChI is InChI=1S/C34H38N6O2/c1-5-27-31(35)19(2)16-39(27)34(42)24-12-14-28-21(4)32(37-40(28)18-24)29-15-23-11-13-26(25-7-6-8-30(41)20(25)3)36-33(23)38(29)17-22-9-10-22/h6-8,11-15,18-19,22,27,31,41H,5,9-10,16-17,35H2,1-4H3/t19?,27?,31-/m1/s1. The van der Waals surface area contributed by atoms with Crippen LogP contribution in [0.15, 0.2) is 54.7 Å². The van der Waals surface area contributed by atoms with E-state index in [0.29, 0.717) is 18.0 Å². The van der Waals surface area contributed by atoms with Gasteiger partial charge in [-0.25, -0.2) is 9.50 Å². The fourth-order valence-corrected chi connectivity index (χ4v) is 6.71. The zero-order chi connectivity index (χ0) is 29.3. The highest BCUT2D eigenvalue weighted by molar-refractivity contribution is 5.95. The number of phenolic OH excluding ortho intramolecular Hbond substituents is 1. The summed E-state index contributed by atoms with van der Waals surface area (Å²) in [6.45, 7) is 9.80. The zero-order valence-corrected chi connectivity index (χ0v) is 24.7. The lowest BCUT2D eigenvalue weighted by atomic mass is 10.0. The van der Waals surface area contributed by atoms with E-state index in [1.165, 1.54) is 12.8 Å². The summed E-state index contributed by atoms with van der Waals surface area (Å²) in [5.74, 6) is 1.20. The molecule has 216 valence electrons. The molecular weight excluding hydrogens is 524 g/mol. The maximum absolute atomic E-state index is 13.6. The van der Waals surface area contributed by atoms with Gasteiger partial charge < -0.3 is 20.3 Å². The predicted octanol–water partition coefficient (Wildman–Crippen LogP) is 5.95. The molecule has 5 heterocycles. The first kappa shape index (κ1) is 26.7. The molecule has 0 radical (unpaired) electrons. The minimum atomic E-state index is 0.000222. The van der Waals surface area contributed by atoms with Crippen LogP contribution in [-0.4, -0.2) is 53.7 Å². The highest BCUT2D eigenvalue weighted by Gasteiger charge is 2.39. The van der Waals surface area contributed by atoms with Crippen LogP contribution in [0.1, 0.15) is 54.6 Å². The number of nitrogens with zero attached hydrogens (tertiary/aromatic N) is 5. The first-order valence-electron chi connectivity index (χ1n) is 15.1. The normalized spacial score (nSPS) is 20.7. The van der Waals surface area contributed by atoms with Gasteiger partial charge in [0.15, 0.2) is 0 Å². The number of carbonyl (C=O) groups is 1. The number of fused-ring (bicyclic) bond motifs is 2. The van der Waals surface area contributed by atoms with Crippen LogP contribution >= 0.6 is 0 Å². The third-order valence-corrected chi connectivity index (χ3v) is 9.49. The zero-order valence-electron chi connectivity index (χ0n) is 24.7. The molecule has 2 unspecified atom stereocenters. The van der Waals surface area contributed by atoms with E-state index in [4.69, 9.17) is 15.8 Å². The lowest BCUT2D eigenvalue weighted by Gasteiger charge is -2.25. The van der Waals surface area contributed by atoms with Crippen molar-refractivity contribution in [3.8, 4) is 28.4 Å². The van der Waals surface area contributed by atoms with Gasteiger partial charge in [0.2, 0.25) is 0 Å². The number of aromatic nitrogens is 4. The number of hydrogen-bond donors (Lipinski definition) is 2. The molecule has 1 amide bonds. The van der Waals surface area contributed by atoms with Crippen molar-refractivity contribution in [3.63, 3.8) is 0 Å². The van der Waals surface area contributed by atoms with Gasteiger partial charge in [0.05, 0.1) is 22.5 Å². The minimum absolute atomic E-state index is 0.000222. The number of aromatic hydroxyl groups is 1. The monoisotopic (exact) mass is 562 g/mol. The SMILES string of the molecule is CCC1[C@H](N)C(C)CN1C(=O)c1ccc2c(C)c(-c3cc4ccc(-c5cccc(O)c5C)nc4n3CC3CC3)nn2c1. The molecule has 3 atom stereocenters. The van der Waals surface area contributed by atoms with E-state index < -0.39 is 0 Å². The van der Waals surface area contributed by atoms with Gasteiger partial charge in [0.1, 0.15) is 17.1 Å². The first-order chi connectivity index (χ1) is 20.2. The third-order valence-electron chi connectivity index (χ3n) is 9.49. The first-order valence-corrected chi connectivity index (χ1v) is 15.1. The molecule has 5 aromatic rings. The Kier molecular flexibility index (Phi) is 6.35. The van der Waals surface area contributed by atoms with Crippen molar-refractivity contribution in [2.45, 2.75) is 65.6 Å². The molecule has 1 aliphatic carbocycles. The smallest absolute Gasteiger partial charge is 0.255 e. The summed E-state index contributed by atoms with van der Waals surface area (Å²) in [4.78, 5) is 20.7. The number of phenols is 1. The van der Waals surface area contributed by atoms with E-state index in [-0.39, 0.29) is 29.7 Å². The van der Waals surface area contributed by atoms with Crippen molar-refractivity contribution >= 4 is 22.5 Å². The second kappa shape index (κ2) is 9.98. The Morgan fingerprint density at radius 1 is 1.10 bits per heavy atom. The Labute approximate surface area is 245 Å². The lowest BCUT2D eigenvalue weighted by Crippen LogP contribution is -2.42. The number of likely N-dealkylation sites (tertiary alicyclic amines) is 1. The number of amides is 1. The van der Waals surface area contributed by atoms with Gasteiger partial charge in [-0.2, -0.15) is 5.10 Å². The molecular formula is C34H38N6O2. The summed E-state index contributed by atoms with van der Waals surface area (Å²) in [5.41, 5.74) is 14.6. The van der Waals surface area contributed by atoms with Crippen molar-refractivity contribution in [1.29, 1.82) is 0 Å². The summed E-state index contributed by atoms with van der Waals surface area (Å²) in [6.07, 6.45) is 5.15. The Morgan fingerprint density at radius 3 is 2.67 bits per heavy atom. The van der Waals surface area contributed by atoms with E-state index in [2.05, 4.69) is 37.5 Å². The summed E-state index contributed by atoms with van der Waals surface area (Å²) < 4.78 is 4.17. The molecule has 1 aromatic carbocycles. The van der Waals surface area contributed by atoms with Crippen LogP contribution < -0.4 is 5.73 Å². The van der Waals surface area contributed by atoms with E-state index in [1.807, 2.05) is 52.9 Å². The molecule has 42 heavy (non-hydrogen) atoms. The van der Waals surface area contributed by atoms with Gasteiger partial charge in [-0.05, 0) is 81.3 Å². The Hall–Kier alpha value is -4.17. The largest absolute Gasteiger partial charge is 0.508 e. The average molecular weight is 563 g/mol. The number of carbonyl (C=O) groups excluding carboxylic acids is 1. The number of aryl methyl sites for hydroxylation is 1. The van der Waals surface area contributed by atoms with Crippen molar-refractivity contribution in [1.82, 2.24) is 24.1 Å². The Balaban J connectivity index is 1.31. The maximum Gasteiger partial charge on any atom is 0.255 e. The van der Waals surface area contributed by atoms with Crippen molar-refractivity contribution in [2.24, 2.45) is 17.6 Å². The molecule has 7 rings (SSSR count). The second-order valence-corrected chi connectivity index (χ2v) is 12.4. The number of benzene rings is 1. The molecule has 0 bridgehead atoms. The van der Waals surface area contributed by atoms with Crippen LogP contribution in [0, 0.1) is 25.7 Å².